The minimum atomic E-state index is -0.129. The van der Waals surface area contributed by atoms with Crippen molar-refractivity contribution in [3.63, 3.8) is 0 Å². The van der Waals surface area contributed by atoms with Crippen LogP contribution in [0, 0.1) is 6.92 Å². The summed E-state index contributed by atoms with van der Waals surface area (Å²) in [5, 5.41) is 4.33. The third-order valence-electron chi connectivity index (χ3n) is 2.62. The van der Waals surface area contributed by atoms with Crippen molar-refractivity contribution >= 4 is 11.6 Å². The Bertz CT molecular complexity index is 605. The number of methoxy groups -OCH3 is 1. The number of rotatable bonds is 3. The van der Waals surface area contributed by atoms with Gasteiger partial charge in [0.2, 0.25) is 0 Å². The Balaban J connectivity index is 2.31. The molecule has 1 aromatic carbocycles. The summed E-state index contributed by atoms with van der Waals surface area (Å²) < 4.78 is 6.44. The highest BCUT2D eigenvalue weighted by molar-refractivity contribution is 6.29. The SMILES string of the molecule is COc1ccc(Cn2nc(Cl)cc(C)c2=O)cc1. The Labute approximate surface area is 110 Å². The van der Waals surface area contributed by atoms with Crippen molar-refractivity contribution in [1.82, 2.24) is 9.78 Å². The standard InChI is InChI=1S/C13H13ClN2O2/c1-9-7-12(14)15-16(13(9)17)8-10-3-5-11(18-2)6-4-10/h3-7H,8H2,1-2H3. The predicted octanol–water partition coefficient (Wildman–Crippen LogP) is 2.26. The van der Waals surface area contributed by atoms with Crippen LogP contribution in [-0.2, 0) is 6.54 Å². The number of hydrogen-bond acceptors (Lipinski definition) is 3. The van der Waals surface area contributed by atoms with E-state index in [0.717, 1.165) is 11.3 Å². The van der Waals surface area contributed by atoms with Crippen molar-refractivity contribution < 1.29 is 4.74 Å². The van der Waals surface area contributed by atoms with Gasteiger partial charge in [-0.05, 0) is 30.7 Å². The van der Waals surface area contributed by atoms with Gasteiger partial charge in [0.05, 0.1) is 13.7 Å². The Morgan fingerprint density at radius 3 is 2.61 bits per heavy atom. The fourth-order valence-corrected chi connectivity index (χ4v) is 1.90. The van der Waals surface area contributed by atoms with Crippen LogP contribution in [0.15, 0.2) is 35.1 Å². The van der Waals surface area contributed by atoms with Crippen molar-refractivity contribution in [3.8, 4) is 5.75 Å². The van der Waals surface area contributed by atoms with Gasteiger partial charge in [-0.15, -0.1) is 0 Å². The van der Waals surface area contributed by atoms with Crippen LogP contribution in [0.25, 0.3) is 0 Å². The summed E-state index contributed by atoms with van der Waals surface area (Å²) in [4.78, 5) is 11.9. The van der Waals surface area contributed by atoms with Crippen LogP contribution >= 0.6 is 11.6 Å². The molecule has 1 aromatic heterocycles. The van der Waals surface area contributed by atoms with Gasteiger partial charge in [0, 0.05) is 5.56 Å². The average molecular weight is 265 g/mol. The summed E-state index contributed by atoms with van der Waals surface area (Å²) in [6, 6.07) is 9.04. The molecular formula is C13H13ClN2O2. The molecule has 0 amide bonds. The first-order chi connectivity index (χ1) is 8.60. The second-order valence-corrected chi connectivity index (χ2v) is 4.35. The molecule has 0 saturated heterocycles. The van der Waals surface area contributed by atoms with Gasteiger partial charge < -0.3 is 4.74 Å². The van der Waals surface area contributed by atoms with Crippen LogP contribution in [0.2, 0.25) is 5.15 Å². The maximum absolute atomic E-state index is 11.9. The Kier molecular flexibility index (Phi) is 3.67. The first kappa shape index (κ1) is 12.6. The molecule has 5 heteroatoms. The van der Waals surface area contributed by atoms with E-state index >= 15 is 0 Å². The second kappa shape index (κ2) is 5.23. The van der Waals surface area contributed by atoms with Gasteiger partial charge in [-0.1, -0.05) is 23.7 Å². The van der Waals surface area contributed by atoms with E-state index < -0.39 is 0 Å². The second-order valence-electron chi connectivity index (χ2n) is 3.96. The topological polar surface area (TPSA) is 44.1 Å². The van der Waals surface area contributed by atoms with E-state index in [1.807, 2.05) is 24.3 Å². The molecule has 0 aliphatic rings. The molecule has 0 fully saturated rings. The van der Waals surface area contributed by atoms with E-state index in [0.29, 0.717) is 17.3 Å². The van der Waals surface area contributed by atoms with Crippen LogP contribution in [-0.4, -0.2) is 16.9 Å². The van der Waals surface area contributed by atoms with E-state index in [9.17, 15) is 4.79 Å². The maximum Gasteiger partial charge on any atom is 0.270 e. The van der Waals surface area contributed by atoms with Gasteiger partial charge >= 0.3 is 0 Å². The molecule has 94 valence electrons. The van der Waals surface area contributed by atoms with Crippen LogP contribution in [0.4, 0.5) is 0 Å². The summed E-state index contributed by atoms with van der Waals surface area (Å²) in [6.07, 6.45) is 0. The first-order valence-electron chi connectivity index (χ1n) is 5.47. The lowest BCUT2D eigenvalue weighted by Gasteiger charge is -2.07. The third kappa shape index (κ3) is 2.71. The predicted molar refractivity (Wildman–Crippen MR) is 70.3 cm³/mol. The molecule has 0 bridgehead atoms. The smallest absolute Gasteiger partial charge is 0.270 e. The van der Waals surface area contributed by atoms with Crippen LogP contribution in [0.3, 0.4) is 0 Å². The number of benzene rings is 1. The molecule has 4 nitrogen and oxygen atoms in total. The van der Waals surface area contributed by atoms with Crippen molar-refractivity contribution in [2.75, 3.05) is 7.11 Å². The molecule has 1 heterocycles. The zero-order valence-corrected chi connectivity index (χ0v) is 10.9. The average Bonchev–Trinajstić information content (AvgIpc) is 2.36. The fourth-order valence-electron chi connectivity index (χ4n) is 1.64. The third-order valence-corrected chi connectivity index (χ3v) is 2.80. The number of aromatic nitrogens is 2. The molecule has 2 aromatic rings. The minimum Gasteiger partial charge on any atom is -0.497 e. The van der Waals surface area contributed by atoms with Gasteiger partial charge in [0.1, 0.15) is 10.9 Å². The van der Waals surface area contributed by atoms with Crippen LogP contribution in [0.5, 0.6) is 5.75 Å². The molecule has 2 rings (SSSR count). The molecule has 0 unspecified atom stereocenters. The van der Waals surface area contributed by atoms with Gasteiger partial charge in [0.15, 0.2) is 0 Å². The molecule has 0 saturated carbocycles. The van der Waals surface area contributed by atoms with Gasteiger partial charge in [-0.3, -0.25) is 4.79 Å². The van der Waals surface area contributed by atoms with Crippen molar-refractivity contribution in [3.05, 3.63) is 57.0 Å². The van der Waals surface area contributed by atoms with Gasteiger partial charge in [0.25, 0.3) is 5.56 Å². The first-order valence-corrected chi connectivity index (χ1v) is 5.85. The van der Waals surface area contributed by atoms with Crippen LogP contribution in [0.1, 0.15) is 11.1 Å². The Morgan fingerprint density at radius 2 is 2.00 bits per heavy atom. The fraction of sp³-hybridized carbons (Fsp3) is 0.231. The Hall–Kier alpha value is -1.81. The zero-order chi connectivity index (χ0) is 13.1. The van der Waals surface area contributed by atoms with E-state index in [-0.39, 0.29) is 5.56 Å². The van der Waals surface area contributed by atoms with E-state index in [4.69, 9.17) is 16.3 Å². The number of nitrogens with zero attached hydrogens (tertiary/aromatic N) is 2. The number of halogens is 1. The molecule has 0 aliphatic carbocycles. The van der Waals surface area contributed by atoms with Crippen molar-refractivity contribution in [2.45, 2.75) is 13.5 Å². The quantitative estimate of drug-likeness (QED) is 0.854. The number of hydrogen-bond donors (Lipinski definition) is 0. The number of aryl methyl sites for hydroxylation is 1. The highest BCUT2D eigenvalue weighted by atomic mass is 35.5. The van der Waals surface area contributed by atoms with Crippen molar-refractivity contribution in [1.29, 1.82) is 0 Å². The largest absolute Gasteiger partial charge is 0.497 e. The highest BCUT2D eigenvalue weighted by Gasteiger charge is 2.04. The monoisotopic (exact) mass is 264 g/mol. The molecule has 0 aliphatic heterocycles. The van der Waals surface area contributed by atoms with Gasteiger partial charge in [-0.2, -0.15) is 5.10 Å². The van der Waals surface area contributed by atoms with Crippen LogP contribution < -0.4 is 10.3 Å². The van der Waals surface area contributed by atoms with E-state index in [1.54, 1.807) is 20.1 Å². The highest BCUT2D eigenvalue weighted by Crippen LogP contribution is 2.12. The summed E-state index contributed by atoms with van der Waals surface area (Å²) in [5.74, 6) is 0.779. The lowest BCUT2D eigenvalue weighted by Crippen LogP contribution is -2.25. The maximum atomic E-state index is 11.9. The molecule has 18 heavy (non-hydrogen) atoms. The number of ether oxygens (including phenoxy) is 1. The molecule has 0 radical (unpaired) electrons. The summed E-state index contributed by atoms with van der Waals surface area (Å²) >= 11 is 5.85. The van der Waals surface area contributed by atoms with E-state index in [1.165, 1.54) is 4.68 Å². The van der Waals surface area contributed by atoms with Crippen molar-refractivity contribution in [2.24, 2.45) is 0 Å². The van der Waals surface area contributed by atoms with Gasteiger partial charge in [-0.25, -0.2) is 4.68 Å². The minimum absolute atomic E-state index is 0.129. The molecule has 0 spiro atoms. The normalized spacial score (nSPS) is 10.4. The summed E-state index contributed by atoms with van der Waals surface area (Å²) in [5.41, 5.74) is 1.42. The molecule has 0 atom stereocenters. The Morgan fingerprint density at radius 1 is 1.33 bits per heavy atom. The molecular weight excluding hydrogens is 252 g/mol. The molecule has 0 N–H and O–H groups in total. The lowest BCUT2D eigenvalue weighted by atomic mass is 10.2. The zero-order valence-electron chi connectivity index (χ0n) is 10.2. The van der Waals surface area contributed by atoms with E-state index in [2.05, 4.69) is 5.10 Å². The summed E-state index contributed by atoms with van der Waals surface area (Å²) in [7, 11) is 1.61. The lowest BCUT2D eigenvalue weighted by molar-refractivity contribution is 0.414. The summed E-state index contributed by atoms with van der Waals surface area (Å²) in [6.45, 7) is 2.12.